The zero-order valence-electron chi connectivity index (χ0n) is 11.7. The van der Waals surface area contributed by atoms with Crippen molar-refractivity contribution in [2.75, 3.05) is 0 Å². The van der Waals surface area contributed by atoms with Gasteiger partial charge in [0.25, 0.3) is 9.05 Å². The van der Waals surface area contributed by atoms with Gasteiger partial charge in [-0.2, -0.15) is 5.10 Å². The number of rotatable bonds is 4. The van der Waals surface area contributed by atoms with Gasteiger partial charge in [-0.25, -0.2) is 8.42 Å². The predicted molar refractivity (Wildman–Crippen MR) is 84.2 cm³/mol. The maximum absolute atomic E-state index is 11.3. The number of hydrogen-bond donors (Lipinski definition) is 0. The maximum Gasteiger partial charge on any atom is 0.261 e. The molecule has 0 unspecified atom stereocenters. The fourth-order valence-electron chi connectivity index (χ4n) is 1.97. The molecule has 0 amide bonds. The third-order valence-electron chi connectivity index (χ3n) is 3.05. The van der Waals surface area contributed by atoms with Crippen LogP contribution < -0.4 is 4.74 Å². The van der Waals surface area contributed by atoms with Crippen LogP contribution in [-0.4, -0.2) is 18.2 Å². The van der Waals surface area contributed by atoms with E-state index < -0.39 is 9.05 Å². The molecule has 0 N–H and O–H groups in total. The summed E-state index contributed by atoms with van der Waals surface area (Å²) in [5.41, 5.74) is 2.33. The first-order valence-corrected chi connectivity index (χ1v) is 9.16. The Hall–Kier alpha value is -1.05. The van der Waals surface area contributed by atoms with Crippen LogP contribution >= 0.6 is 26.6 Å². The second-order valence-electron chi connectivity index (χ2n) is 4.62. The molecular formula is C13H14BrClN2O3S. The molecule has 1 heterocycles. The van der Waals surface area contributed by atoms with Gasteiger partial charge < -0.3 is 4.74 Å². The molecule has 0 bridgehead atoms. The number of benzene rings is 1. The quantitative estimate of drug-likeness (QED) is 0.748. The van der Waals surface area contributed by atoms with E-state index in [1.54, 1.807) is 23.7 Å². The van der Waals surface area contributed by atoms with Crippen LogP contribution in [0, 0.1) is 13.8 Å². The molecule has 21 heavy (non-hydrogen) atoms. The maximum atomic E-state index is 11.3. The molecule has 0 atom stereocenters. The van der Waals surface area contributed by atoms with Crippen molar-refractivity contribution >= 4 is 35.7 Å². The second kappa shape index (κ2) is 5.98. The van der Waals surface area contributed by atoms with Crippen LogP contribution in [0.25, 0.3) is 0 Å². The molecule has 0 radical (unpaired) electrons. The molecule has 1 aromatic carbocycles. The number of aryl methyl sites for hydroxylation is 3. The van der Waals surface area contributed by atoms with E-state index >= 15 is 0 Å². The van der Waals surface area contributed by atoms with E-state index in [2.05, 4.69) is 21.0 Å². The van der Waals surface area contributed by atoms with E-state index in [-0.39, 0.29) is 4.90 Å². The smallest absolute Gasteiger partial charge is 0.261 e. The standard InChI is InChI=1S/C13H14BrClN2O3S/c1-8-6-10(4-5-12(8)21(15,18)19)20-7-11-13(14)9(2)16-17(11)3/h4-6H,7H2,1-3H3. The normalized spacial score (nSPS) is 11.7. The molecule has 0 spiro atoms. The van der Waals surface area contributed by atoms with E-state index in [9.17, 15) is 8.42 Å². The average molecular weight is 394 g/mol. The number of halogens is 2. The van der Waals surface area contributed by atoms with Crippen molar-refractivity contribution in [1.82, 2.24) is 9.78 Å². The van der Waals surface area contributed by atoms with E-state index in [1.165, 1.54) is 6.07 Å². The Labute approximate surface area is 136 Å². The third kappa shape index (κ3) is 3.59. The first-order valence-electron chi connectivity index (χ1n) is 6.06. The van der Waals surface area contributed by atoms with Crippen molar-refractivity contribution in [2.45, 2.75) is 25.3 Å². The summed E-state index contributed by atoms with van der Waals surface area (Å²) in [5.74, 6) is 0.572. The first-order chi connectivity index (χ1) is 9.70. The molecule has 8 heteroatoms. The van der Waals surface area contributed by atoms with Crippen LogP contribution in [0.2, 0.25) is 0 Å². The van der Waals surface area contributed by atoms with Crippen molar-refractivity contribution < 1.29 is 13.2 Å². The Balaban J connectivity index is 2.20. The largest absolute Gasteiger partial charge is 0.487 e. The van der Waals surface area contributed by atoms with Crippen molar-refractivity contribution in [3.63, 3.8) is 0 Å². The lowest BCUT2D eigenvalue weighted by Gasteiger charge is -2.09. The van der Waals surface area contributed by atoms with Crippen LogP contribution in [0.15, 0.2) is 27.6 Å². The summed E-state index contributed by atoms with van der Waals surface area (Å²) in [4.78, 5) is 0.0917. The lowest BCUT2D eigenvalue weighted by Crippen LogP contribution is -2.04. The van der Waals surface area contributed by atoms with Crippen molar-refractivity contribution in [1.29, 1.82) is 0 Å². The second-order valence-corrected chi connectivity index (χ2v) is 7.95. The van der Waals surface area contributed by atoms with Gasteiger partial charge >= 0.3 is 0 Å². The zero-order chi connectivity index (χ0) is 15.8. The van der Waals surface area contributed by atoms with Gasteiger partial charge in [-0.3, -0.25) is 4.68 Å². The van der Waals surface area contributed by atoms with E-state index in [4.69, 9.17) is 15.4 Å². The average Bonchev–Trinajstić information content (AvgIpc) is 2.60. The summed E-state index contributed by atoms with van der Waals surface area (Å²) in [6.07, 6.45) is 0. The van der Waals surface area contributed by atoms with Crippen LogP contribution in [0.4, 0.5) is 0 Å². The molecule has 114 valence electrons. The van der Waals surface area contributed by atoms with E-state index in [0.717, 1.165) is 15.9 Å². The molecule has 5 nitrogen and oxygen atoms in total. The SMILES string of the molecule is Cc1cc(OCc2c(Br)c(C)nn2C)ccc1S(=O)(=O)Cl. The van der Waals surface area contributed by atoms with Crippen molar-refractivity contribution in [3.05, 3.63) is 39.6 Å². The zero-order valence-corrected chi connectivity index (χ0v) is 14.9. The van der Waals surface area contributed by atoms with Gasteiger partial charge in [0.05, 0.1) is 20.8 Å². The molecule has 0 aliphatic heterocycles. The molecule has 0 aliphatic rings. The Morgan fingerprint density at radius 3 is 2.52 bits per heavy atom. The van der Waals surface area contributed by atoms with Gasteiger partial charge in [0.1, 0.15) is 12.4 Å². The molecule has 0 saturated heterocycles. The van der Waals surface area contributed by atoms with Gasteiger partial charge in [-0.05, 0) is 53.5 Å². The lowest BCUT2D eigenvalue weighted by atomic mass is 10.2. The Kier molecular flexibility index (Phi) is 4.65. The summed E-state index contributed by atoms with van der Waals surface area (Å²) >= 11 is 3.47. The van der Waals surface area contributed by atoms with Crippen LogP contribution in [0.1, 0.15) is 17.0 Å². The fraction of sp³-hybridized carbons (Fsp3) is 0.308. The topological polar surface area (TPSA) is 61.2 Å². The summed E-state index contributed by atoms with van der Waals surface area (Å²) in [7, 11) is 3.45. The molecular weight excluding hydrogens is 380 g/mol. The molecule has 0 aliphatic carbocycles. The first kappa shape index (κ1) is 16.3. The van der Waals surface area contributed by atoms with E-state index in [0.29, 0.717) is 17.9 Å². The van der Waals surface area contributed by atoms with Gasteiger partial charge in [0, 0.05) is 17.7 Å². The van der Waals surface area contributed by atoms with Crippen LogP contribution in [0.3, 0.4) is 0 Å². The Morgan fingerprint density at radius 1 is 1.38 bits per heavy atom. The summed E-state index contributed by atoms with van der Waals surface area (Å²) in [6, 6.07) is 4.67. The molecule has 0 saturated carbocycles. The fourth-order valence-corrected chi connectivity index (χ4v) is 3.62. The lowest BCUT2D eigenvalue weighted by molar-refractivity contribution is 0.293. The number of hydrogen-bond acceptors (Lipinski definition) is 4. The number of nitrogens with zero attached hydrogens (tertiary/aromatic N) is 2. The Bertz CT molecular complexity index is 787. The molecule has 0 fully saturated rings. The van der Waals surface area contributed by atoms with E-state index in [1.807, 2.05) is 14.0 Å². The summed E-state index contributed by atoms with van der Waals surface area (Å²) in [5, 5.41) is 4.28. The molecule has 1 aromatic heterocycles. The highest BCUT2D eigenvalue weighted by molar-refractivity contribution is 9.10. The highest BCUT2D eigenvalue weighted by atomic mass is 79.9. The van der Waals surface area contributed by atoms with Gasteiger partial charge in [0.2, 0.25) is 0 Å². The molecule has 2 rings (SSSR count). The van der Waals surface area contributed by atoms with Crippen molar-refractivity contribution in [2.24, 2.45) is 7.05 Å². The minimum Gasteiger partial charge on any atom is -0.487 e. The summed E-state index contributed by atoms with van der Waals surface area (Å²) in [6.45, 7) is 3.90. The molecule has 2 aromatic rings. The third-order valence-corrected chi connectivity index (χ3v) is 5.56. The predicted octanol–water partition coefficient (Wildman–Crippen LogP) is 3.31. The number of aromatic nitrogens is 2. The minimum atomic E-state index is -3.73. The number of ether oxygens (including phenoxy) is 1. The summed E-state index contributed by atoms with van der Waals surface area (Å²) < 4.78 is 31.0. The highest BCUT2D eigenvalue weighted by Gasteiger charge is 2.15. The van der Waals surface area contributed by atoms with Crippen LogP contribution in [-0.2, 0) is 22.7 Å². The minimum absolute atomic E-state index is 0.0917. The monoisotopic (exact) mass is 392 g/mol. The highest BCUT2D eigenvalue weighted by Crippen LogP contribution is 2.26. The van der Waals surface area contributed by atoms with Gasteiger partial charge in [-0.1, -0.05) is 0 Å². The van der Waals surface area contributed by atoms with Crippen molar-refractivity contribution in [3.8, 4) is 5.75 Å². The van der Waals surface area contributed by atoms with Crippen LogP contribution in [0.5, 0.6) is 5.75 Å². The Morgan fingerprint density at radius 2 is 2.05 bits per heavy atom. The van der Waals surface area contributed by atoms with Gasteiger partial charge in [0.15, 0.2) is 0 Å². The van der Waals surface area contributed by atoms with Gasteiger partial charge in [-0.15, -0.1) is 0 Å².